The predicted molar refractivity (Wildman–Crippen MR) is 76.3 cm³/mol. The van der Waals surface area contributed by atoms with Crippen molar-refractivity contribution in [3.05, 3.63) is 71.7 Å². The molecule has 19 heavy (non-hydrogen) atoms. The van der Waals surface area contributed by atoms with E-state index >= 15 is 0 Å². The average molecular weight is 245 g/mol. The van der Waals surface area contributed by atoms with Crippen LogP contribution in [0.3, 0.4) is 0 Å². The van der Waals surface area contributed by atoms with Crippen LogP contribution in [0.4, 0.5) is 0 Å². The molecular weight excluding hydrogens is 234 g/mol. The normalized spacial score (nSPS) is 10.9. The Labute approximate surface area is 111 Å². The summed E-state index contributed by atoms with van der Waals surface area (Å²) in [5.74, 6) is 0.847. The molecule has 1 heterocycles. The monoisotopic (exact) mass is 245 g/mol. The van der Waals surface area contributed by atoms with Crippen LogP contribution in [0.5, 0.6) is 0 Å². The Bertz CT molecular complexity index is 773. The molecule has 0 saturated heterocycles. The maximum atomic E-state index is 8.74. The minimum atomic E-state index is 0.667. The zero-order chi connectivity index (χ0) is 13.1. The highest BCUT2D eigenvalue weighted by Gasteiger charge is 2.01. The molecular formula is C17H11NO. The second kappa shape index (κ2) is 4.83. The van der Waals surface area contributed by atoms with Crippen molar-refractivity contribution in [1.29, 1.82) is 5.26 Å². The Morgan fingerprint density at radius 2 is 1.74 bits per heavy atom. The fraction of sp³-hybridized carbons (Fsp3) is 0. The molecule has 0 fully saturated rings. The van der Waals surface area contributed by atoms with Gasteiger partial charge in [-0.3, -0.25) is 0 Å². The first-order valence-corrected chi connectivity index (χ1v) is 6.01. The summed E-state index contributed by atoms with van der Waals surface area (Å²) >= 11 is 0. The Kier molecular flexibility index (Phi) is 2.88. The molecule has 3 rings (SSSR count). The van der Waals surface area contributed by atoms with Crippen molar-refractivity contribution in [1.82, 2.24) is 0 Å². The Balaban J connectivity index is 1.91. The SMILES string of the molecule is N#Cc1ccc(C=Cc2occ3ccccc23)cc1. The number of fused-ring (bicyclic) bond motifs is 1. The summed E-state index contributed by atoms with van der Waals surface area (Å²) in [5.41, 5.74) is 1.71. The summed E-state index contributed by atoms with van der Waals surface area (Å²) in [5, 5.41) is 10.9. The fourth-order valence-electron chi connectivity index (χ4n) is 1.98. The van der Waals surface area contributed by atoms with Crippen molar-refractivity contribution in [2.75, 3.05) is 0 Å². The Morgan fingerprint density at radius 3 is 2.53 bits per heavy atom. The molecule has 0 aliphatic heterocycles. The zero-order valence-electron chi connectivity index (χ0n) is 10.2. The molecule has 0 bridgehead atoms. The van der Waals surface area contributed by atoms with Crippen LogP contribution in [0.25, 0.3) is 22.9 Å². The number of benzene rings is 2. The van der Waals surface area contributed by atoms with Gasteiger partial charge in [0.1, 0.15) is 5.76 Å². The lowest BCUT2D eigenvalue weighted by molar-refractivity contribution is 0.562. The van der Waals surface area contributed by atoms with Gasteiger partial charge >= 0.3 is 0 Å². The second-order valence-corrected chi connectivity index (χ2v) is 4.25. The van der Waals surface area contributed by atoms with Crippen LogP contribution < -0.4 is 0 Å². The molecule has 0 aliphatic carbocycles. The van der Waals surface area contributed by atoms with E-state index in [4.69, 9.17) is 9.68 Å². The van der Waals surface area contributed by atoms with Crippen LogP contribution >= 0.6 is 0 Å². The van der Waals surface area contributed by atoms with E-state index in [9.17, 15) is 0 Å². The molecule has 90 valence electrons. The van der Waals surface area contributed by atoms with Gasteiger partial charge in [-0.05, 0) is 23.8 Å². The summed E-state index contributed by atoms with van der Waals surface area (Å²) in [6.07, 6.45) is 5.68. The van der Waals surface area contributed by atoms with Crippen LogP contribution in [0.2, 0.25) is 0 Å². The first kappa shape index (κ1) is 11.3. The van der Waals surface area contributed by atoms with Gasteiger partial charge in [0, 0.05) is 10.8 Å². The highest BCUT2D eigenvalue weighted by molar-refractivity contribution is 5.90. The smallest absolute Gasteiger partial charge is 0.134 e. The highest BCUT2D eigenvalue weighted by atomic mass is 16.3. The van der Waals surface area contributed by atoms with Gasteiger partial charge in [-0.2, -0.15) is 5.26 Å². The molecule has 3 aromatic rings. The molecule has 1 aromatic heterocycles. The third-order valence-corrected chi connectivity index (χ3v) is 3.01. The molecule has 0 saturated carbocycles. The second-order valence-electron chi connectivity index (χ2n) is 4.25. The predicted octanol–water partition coefficient (Wildman–Crippen LogP) is 4.47. The summed E-state index contributed by atoms with van der Waals surface area (Å²) in [6.45, 7) is 0. The molecule has 2 nitrogen and oxygen atoms in total. The van der Waals surface area contributed by atoms with Crippen LogP contribution in [-0.2, 0) is 0 Å². The number of rotatable bonds is 2. The highest BCUT2D eigenvalue weighted by Crippen LogP contribution is 2.22. The molecule has 0 aliphatic rings. The zero-order valence-corrected chi connectivity index (χ0v) is 10.2. The van der Waals surface area contributed by atoms with Gasteiger partial charge < -0.3 is 4.42 Å². The lowest BCUT2D eigenvalue weighted by Crippen LogP contribution is -1.75. The van der Waals surface area contributed by atoms with E-state index in [2.05, 4.69) is 6.07 Å². The van der Waals surface area contributed by atoms with Crippen LogP contribution in [0.1, 0.15) is 16.9 Å². The number of hydrogen-bond donors (Lipinski definition) is 0. The molecule has 0 N–H and O–H groups in total. The van der Waals surface area contributed by atoms with Gasteiger partial charge in [-0.1, -0.05) is 42.5 Å². The molecule has 2 aromatic carbocycles. The van der Waals surface area contributed by atoms with Crippen molar-refractivity contribution in [2.24, 2.45) is 0 Å². The quantitative estimate of drug-likeness (QED) is 0.667. The van der Waals surface area contributed by atoms with E-state index in [-0.39, 0.29) is 0 Å². The molecule has 0 unspecified atom stereocenters. The van der Waals surface area contributed by atoms with Crippen molar-refractivity contribution < 1.29 is 4.42 Å². The van der Waals surface area contributed by atoms with Gasteiger partial charge in [0.15, 0.2) is 0 Å². The summed E-state index contributed by atoms with van der Waals surface area (Å²) in [4.78, 5) is 0. The molecule has 0 atom stereocenters. The van der Waals surface area contributed by atoms with E-state index in [0.29, 0.717) is 5.56 Å². The summed E-state index contributed by atoms with van der Waals surface area (Å²) < 4.78 is 5.54. The van der Waals surface area contributed by atoms with E-state index in [1.54, 1.807) is 18.4 Å². The minimum absolute atomic E-state index is 0.667. The van der Waals surface area contributed by atoms with Gasteiger partial charge in [-0.25, -0.2) is 0 Å². The standard InChI is InChI=1S/C17H11NO/c18-11-14-7-5-13(6-8-14)9-10-17-16-4-2-1-3-15(16)12-19-17/h1-10,12H. The van der Waals surface area contributed by atoms with E-state index in [0.717, 1.165) is 22.1 Å². The molecule has 0 spiro atoms. The maximum Gasteiger partial charge on any atom is 0.134 e. The minimum Gasteiger partial charge on any atom is -0.464 e. The lowest BCUT2D eigenvalue weighted by atomic mass is 10.1. The Morgan fingerprint density at radius 1 is 0.947 bits per heavy atom. The average Bonchev–Trinajstić information content (AvgIpc) is 2.89. The van der Waals surface area contributed by atoms with Crippen molar-refractivity contribution in [3.63, 3.8) is 0 Å². The maximum absolute atomic E-state index is 8.74. The van der Waals surface area contributed by atoms with Gasteiger partial charge in [0.2, 0.25) is 0 Å². The number of hydrogen-bond acceptors (Lipinski definition) is 2. The van der Waals surface area contributed by atoms with Gasteiger partial charge in [0.25, 0.3) is 0 Å². The summed E-state index contributed by atoms with van der Waals surface area (Å²) in [6, 6.07) is 17.6. The first-order chi connectivity index (χ1) is 9.36. The number of nitrogens with zero attached hydrogens (tertiary/aromatic N) is 1. The molecule has 2 heteroatoms. The van der Waals surface area contributed by atoms with E-state index in [1.807, 2.05) is 48.6 Å². The van der Waals surface area contributed by atoms with Crippen LogP contribution in [0, 0.1) is 11.3 Å². The topological polar surface area (TPSA) is 36.9 Å². The number of nitriles is 1. The number of furan rings is 1. The van der Waals surface area contributed by atoms with Crippen molar-refractivity contribution in [3.8, 4) is 6.07 Å². The van der Waals surface area contributed by atoms with Gasteiger partial charge in [0.05, 0.1) is 17.9 Å². The van der Waals surface area contributed by atoms with E-state index < -0.39 is 0 Å². The lowest BCUT2D eigenvalue weighted by Gasteiger charge is -1.93. The molecule has 0 amide bonds. The van der Waals surface area contributed by atoms with Gasteiger partial charge in [-0.15, -0.1) is 0 Å². The first-order valence-electron chi connectivity index (χ1n) is 6.01. The third kappa shape index (κ3) is 2.27. The van der Waals surface area contributed by atoms with Crippen LogP contribution in [0.15, 0.2) is 59.2 Å². The van der Waals surface area contributed by atoms with Crippen molar-refractivity contribution in [2.45, 2.75) is 0 Å². The molecule has 0 radical (unpaired) electrons. The summed E-state index contributed by atoms with van der Waals surface area (Å²) in [7, 11) is 0. The fourth-order valence-corrected chi connectivity index (χ4v) is 1.98. The largest absolute Gasteiger partial charge is 0.464 e. The third-order valence-electron chi connectivity index (χ3n) is 3.01. The van der Waals surface area contributed by atoms with Crippen LogP contribution in [-0.4, -0.2) is 0 Å². The van der Waals surface area contributed by atoms with Crippen molar-refractivity contribution >= 4 is 22.9 Å². The van der Waals surface area contributed by atoms with E-state index in [1.165, 1.54) is 0 Å². The Hall–Kier alpha value is -2.79.